The van der Waals surface area contributed by atoms with Gasteiger partial charge in [-0.3, -0.25) is 19.3 Å². The zero-order chi connectivity index (χ0) is 33.4. The highest BCUT2D eigenvalue weighted by Crippen LogP contribution is 2.46. The molecule has 1 saturated heterocycles. The highest BCUT2D eigenvalue weighted by Gasteiger charge is 2.54. The van der Waals surface area contributed by atoms with Crippen LogP contribution in [0.15, 0.2) is 53.6 Å². The molecule has 0 spiro atoms. The van der Waals surface area contributed by atoms with Crippen LogP contribution < -0.4 is 4.74 Å². The third kappa shape index (κ3) is 8.17. The number of aliphatic hydroxyl groups excluding tert-OH is 2. The van der Waals surface area contributed by atoms with Crippen LogP contribution in [0.1, 0.15) is 56.1 Å². The lowest BCUT2D eigenvalue weighted by Gasteiger charge is -2.36. The van der Waals surface area contributed by atoms with E-state index >= 15 is 0 Å². The second kappa shape index (κ2) is 16.5. The van der Waals surface area contributed by atoms with Crippen LogP contribution in [-0.4, -0.2) is 83.2 Å². The van der Waals surface area contributed by atoms with Gasteiger partial charge in [-0.15, -0.1) is 0 Å². The summed E-state index contributed by atoms with van der Waals surface area (Å²) in [4.78, 5) is 39.1. The molecule has 0 unspecified atom stereocenters. The number of nitrogens with zero attached hydrogens (tertiary/aromatic N) is 1. The van der Waals surface area contributed by atoms with Crippen molar-refractivity contribution < 1.29 is 44.3 Å². The Labute approximate surface area is 282 Å². The molecular weight excluding hydrogens is 705 g/mol. The highest BCUT2D eigenvalue weighted by atomic mass is 127. The Balaban J connectivity index is 1.58. The number of carbonyl (C=O) groups is 3. The number of aliphatic carboxylic acids is 1. The van der Waals surface area contributed by atoms with Crippen LogP contribution in [0.5, 0.6) is 11.5 Å². The zero-order valence-corrected chi connectivity index (χ0v) is 28.3. The van der Waals surface area contributed by atoms with Crippen LogP contribution in [0.25, 0.3) is 11.6 Å². The molecule has 2 aliphatic rings. The molecule has 4 rings (SSSR count). The summed E-state index contributed by atoms with van der Waals surface area (Å²) in [6.07, 6.45) is 3.57. The van der Waals surface area contributed by atoms with E-state index in [0.29, 0.717) is 47.0 Å². The van der Waals surface area contributed by atoms with Gasteiger partial charge in [0.2, 0.25) is 11.8 Å². The van der Waals surface area contributed by atoms with Crippen LogP contribution in [-0.2, 0) is 19.1 Å². The number of carboxylic acids is 1. The van der Waals surface area contributed by atoms with Gasteiger partial charge in [0.15, 0.2) is 11.5 Å². The second-order valence-corrected chi connectivity index (χ2v) is 13.0. The van der Waals surface area contributed by atoms with Crippen molar-refractivity contribution in [3.63, 3.8) is 0 Å². The maximum atomic E-state index is 13.6. The number of amides is 2. The summed E-state index contributed by atoms with van der Waals surface area (Å²) in [6, 6.07) is 13.4. The van der Waals surface area contributed by atoms with E-state index in [4.69, 9.17) is 14.6 Å². The van der Waals surface area contributed by atoms with Crippen molar-refractivity contribution >= 4 is 52.0 Å². The minimum Gasteiger partial charge on any atom is -0.504 e. The molecular formula is C35H42INO9. The van der Waals surface area contributed by atoms with Crippen molar-refractivity contribution in [3.05, 3.63) is 68.3 Å². The van der Waals surface area contributed by atoms with Gasteiger partial charge in [0.25, 0.3) is 0 Å². The van der Waals surface area contributed by atoms with Gasteiger partial charge < -0.3 is 29.9 Å². The lowest BCUT2D eigenvalue weighted by Crippen LogP contribution is -2.39. The number of carboxylic acid groups (broad SMARTS) is 1. The van der Waals surface area contributed by atoms with Gasteiger partial charge in [0.1, 0.15) is 0 Å². The predicted octanol–water partition coefficient (Wildman–Crippen LogP) is 4.89. The number of aliphatic hydroxyl groups is 2. The molecule has 0 radical (unpaired) electrons. The van der Waals surface area contributed by atoms with E-state index < -0.39 is 36.4 Å². The van der Waals surface area contributed by atoms with Crippen molar-refractivity contribution in [3.8, 4) is 11.5 Å². The van der Waals surface area contributed by atoms with Crippen LogP contribution in [0, 0.1) is 21.3 Å². The minimum absolute atomic E-state index is 0.0366. The van der Waals surface area contributed by atoms with Crippen LogP contribution in [0.4, 0.5) is 0 Å². The van der Waals surface area contributed by atoms with Gasteiger partial charge in [0, 0.05) is 26.0 Å². The van der Waals surface area contributed by atoms with Crippen LogP contribution in [0.2, 0.25) is 0 Å². The van der Waals surface area contributed by atoms with Gasteiger partial charge in [-0.2, -0.15) is 0 Å². The van der Waals surface area contributed by atoms with Gasteiger partial charge >= 0.3 is 5.97 Å². The topological polar surface area (TPSA) is 154 Å². The third-order valence-electron chi connectivity index (χ3n) is 8.87. The van der Waals surface area contributed by atoms with E-state index in [0.717, 1.165) is 22.3 Å². The number of fused-ring (bicyclic) bond motifs is 1. The Kier molecular flexibility index (Phi) is 12.8. The first-order chi connectivity index (χ1) is 22.1. The van der Waals surface area contributed by atoms with E-state index in [-0.39, 0.29) is 43.6 Å². The number of phenols is 1. The number of methoxy groups -OCH3 is 2. The molecule has 1 aliphatic heterocycles. The van der Waals surface area contributed by atoms with E-state index in [1.165, 1.54) is 19.1 Å². The Morgan fingerprint density at radius 1 is 1.09 bits per heavy atom. The SMILES string of the molecule is COCC1=C([C@H](O)CC/C(=C/c2cc(I)c(O)c(OC)c2)c2ccccc2)[C@H](CO)[C@@H]2C(=O)N(CCCCCC(=O)O)C(=O)[C@@H]2C1. The summed E-state index contributed by atoms with van der Waals surface area (Å²) < 4.78 is 11.5. The van der Waals surface area contributed by atoms with Crippen molar-refractivity contribution in [1.29, 1.82) is 0 Å². The first kappa shape index (κ1) is 35.6. The fourth-order valence-electron chi connectivity index (χ4n) is 6.71. The molecule has 10 nitrogen and oxygen atoms in total. The average molecular weight is 748 g/mol. The number of ether oxygens (including phenoxy) is 2. The summed E-state index contributed by atoms with van der Waals surface area (Å²) in [5.41, 5.74) is 4.00. The zero-order valence-electron chi connectivity index (χ0n) is 26.2. The summed E-state index contributed by atoms with van der Waals surface area (Å²) in [5.74, 6) is -3.26. The Bertz CT molecular complexity index is 1470. The highest BCUT2D eigenvalue weighted by molar-refractivity contribution is 14.1. The van der Waals surface area contributed by atoms with E-state index in [1.807, 2.05) is 42.5 Å². The van der Waals surface area contributed by atoms with Gasteiger partial charge in [-0.05, 0) is 94.7 Å². The lowest BCUT2D eigenvalue weighted by atomic mass is 9.68. The molecule has 2 aromatic rings. The number of halogens is 1. The number of benzene rings is 2. The predicted molar refractivity (Wildman–Crippen MR) is 181 cm³/mol. The number of hydrogen-bond acceptors (Lipinski definition) is 8. The Morgan fingerprint density at radius 3 is 2.48 bits per heavy atom. The number of likely N-dealkylation sites (tertiary alicyclic amines) is 1. The van der Waals surface area contributed by atoms with E-state index in [9.17, 15) is 29.7 Å². The largest absolute Gasteiger partial charge is 0.504 e. The Hall–Kier alpha value is -3.26. The molecule has 4 N–H and O–H groups in total. The molecule has 11 heteroatoms. The Morgan fingerprint density at radius 2 is 1.83 bits per heavy atom. The number of phenolic OH excluding ortho intramolecular Hbond substituents is 1. The van der Waals surface area contributed by atoms with Gasteiger partial charge in [-0.1, -0.05) is 42.8 Å². The summed E-state index contributed by atoms with van der Waals surface area (Å²) in [7, 11) is 3.03. The van der Waals surface area contributed by atoms with Crippen molar-refractivity contribution in [2.75, 3.05) is 34.0 Å². The van der Waals surface area contributed by atoms with Crippen molar-refractivity contribution in [2.45, 2.75) is 51.0 Å². The molecule has 1 heterocycles. The van der Waals surface area contributed by atoms with Crippen LogP contribution in [0.3, 0.4) is 0 Å². The standard InChI is InChI=1S/C35H42INO9/c1-45-20-24-18-25-32(35(44)37(34(25)43)14-8-4-7-11-30(40)41)26(19-38)31(24)28(39)13-12-23(22-9-5-3-6-10-22)15-21-16-27(36)33(42)29(17-21)46-2/h3,5-6,9-10,15-17,25-26,28,32,38-39,42H,4,7-8,11-14,18-20H2,1-2H3,(H,40,41)/b23-15-/t25-,26+,28-,32-/m1/s1. The fraction of sp³-hybridized carbons (Fsp3) is 0.457. The smallest absolute Gasteiger partial charge is 0.303 e. The average Bonchev–Trinajstić information content (AvgIpc) is 3.28. The molecule has 2 aromatic carbocycles. The monoisotopic (exact) mass is 747 g/mol. The van der Waals surface area contributed by atoms with Crippen LogP contribution >= 0.6 is 22.6 Å². The summed E-state index contributed by atoms with van der Waals surface area (Å²) in [6.45, 7) is -0.0403. The number of allylic oxidation sites excluding steroid dienone is 1. The van der Waals surface area contributed by atoms with Gasteiger partial charge in [0.05, 0.1) is 41.8 Å². The van der Waals surface area contributed by atoms with Crippen molar-refractivity contribution in [1.82, 2.24) is 4.90 Å². The molecule has 0 aromatic heterocycles. The molecule has 4 atom stereocenters. The first-order valence-electron chi connectivity index (χ1n) is 15.5. The number of hydrogen-bond donors (Lipinski definition) is 4. The summed E-state index contributed by atoms with van der Waals surface area (Å²) in [5, 5.41) is 41.5. The van der Waals surface area contributed by atoms with E-state index in [2.05, 4.69) is 22.6 Å². The van der Waals surface area contributed by atoms with Gasteiger partial charge in [-0.25, -0.2) is 0 Å². The normalized spacial score (nSPS) is 20.7. The molecule has 0 saturated carbocycles. The first-order valence-corrected chi connectivity index (χ1v) is 16.6. The molecule has 46 heavy (non-hydrogen) atoms. The van der Waals surface area contributed by atoms with E-state index in [1.54, 1.807) is 6.07 Å². The number of carbonyl (C=O) groups excluding carboxylic acids is 2. The molecule has 2 amide bonds. The number of rotatable bonds is 16. The number of unbranched alkanes of at least 4 members (excludes halogenated alkanes) is 2. The third-order valence-corrected chi connectivity index (χ3v) is 9.69. The number of aromatic hydroxyl groups is 1. The molecule has 248 valence electrons. The quantitative estimate of drug-likeness (QED) is 0.0619. The summed E-state index contributed by atoms with van der Waals surface area (Å²) >= 11 is 2.05. The maximum Gasteiger partial charge on any atom is 0.303 e. The number of imide groups is 1. The lowest BCUT2D eigenvalue weighted by molar-refractivity contribution is -0.141. The van der Waals surface area contributed by atoms with Crippen molar-refractivity contribution in [2.24, 2.45) is 17.8 Å². The molecule has 1 fully saturated rings. The minimum atomic E-state index is -1.00. The fourth-order valence-corrected chi connectivity index (χ4v) is 7.33. The molecule has 1 aliphatic carbocycles. The second-order valence-electron chi connectivity index (χ2n) is 11.8. The molecule has 0 bridgehead atoms. The maximum absolute atomic E-state index is 13.6.